The first-order valence-electron chi connectivity index (χ1n) is 6.99. The number of rotatable bonds is 3. The summed E-state index contributed by atoms with van der Waals surface area (Å²) >= 11 is 0. The van der Waals surface area contributed by atoms with E-state index in [9.17, 15) is 0 Å². The van der Waals surface area contributed by atoms with Gasteiger partial charge in [-0.15, -0.1) is 0 Å². The molecule has 108 valence electrons. The summed E-state index contributed by atoms with van der Waals surface area (Å²) in [7, 11) is 1.90. The molecule has 0 aliphatic heterocycles. The van der Waals surface area contributed by atoms with Gasteiger partial charge in [-0.1, -0.05) is 24.3 Å². The van der Waals surface area contributed by atoms with Gasteiger partial charge in [-0.25, -0.2) is 9.97 Å². The van der Waals surface area contributed by atoms with Gasteiger partial charge in [0.05, 0.1) is 17.6 Å². The van der Waals surface area contributed by atoms with Crippen molar-refractivity contribution < 1.29 is 4.42 Å². The van der Waals surface area contributed by atoms with Gasteiger partial charge in [0.25, 0.3) is 0 Å². The van der Waals surface area contributed by atoms with E-state index in [2.05, 4.69) is 15.3 Å². The lowest BCUT2D eigenvalue weighted by molar-refractivity contribution is 0.572. The Morgan fingerprint density at radius 1 is 1.00 bits per heavy atom. The van der Waals surface area contributed by atoms with Crippen LogP contribution in [-0.4, -0.2) is 21.4 Å². The summed E-state index contributed by atoms with van der Waals surface area (Å²) in [6, 6.07) is 12.1. The maximum atomic E-state index is 5.30. The maximum Gasteiger partial charge on any atom is 0.181 e. The fourth-order valence-electron chi connectivity index (χ4n) is 2.44. The molecule has 0 unspecified atom stereocenters. The van der Waals surface area contributed by atoms with Crippen LogP contribution in [-0.2, 0) is 0 Å². The molecule has 0 aliphatic rings. The molecule has 4 aromatic rings. The number of nitrogens with one attached hydrogen (secondary N) is 1. The molecule has 5 nitrogen and oxygen atoms in total. The van der Waals surface area contributed by atoms with Crippen molar-refractivity contribution in [3.8, 4) is 22.6 Å². The quantitative estimate of drug-likeness (QED) is 0.625. The smallest absolute Gasteiger partial charge is 0.181 e. The van der Waals surface area contributed by atoms with Gasteiger partial charge in [0.1, 0.15) is 5.65 Å². The molecule has 3 heterocycles. The topological polar surface area (TPSA) is 55.4 Å². The van der Waals surface area contributed by atoms with Crippen LogP contribution >= 0.6 is 0 Å². The first-order valence-corrected chi connectivity index (χ1v) is 6.99. The minimum atomic E-state index is 0.764. The molecule has 0 spiro atoms. The van der Waals surface area contributed by atoms with Crippen LogP contribution in [0, 0.1) is 0 Å². The molecular weight excluding hydrogens is 275 g/mol. The van der Waals surface area contributed by atoms with E-state index in [0.29, 0.717) is 0 Å². The summed E-state index contributed by atoms with van der Waals surface area (Å²) in [4.78, 5) is 8.59. The lowest BCUT2D eigenvalue weighted by atomic mass is 10.1. The van der Waals surface area contributed by atoms with Crippen molar-refractivity contribution in [2.24, 2.45) is 0 Å². The van der Waals surface area contributed by atoms with Crippen molar-refractivity contribution >= 4 is 11.3 Å². The Morgan fingerprint density at radius 3 is 2.55 bits per heavy atom. The van der Waals surface area contributed by atoms with Crippen LogP contribution in [0.4, 0.5) is 5.69 Å². The number of anilines is 1. The van der Waals surface area contributed by atoms with Gasteiger partial charge >= 0.3 is 0 Å². The molecular formula is C17H14N4O. The molecule has 0 radical (unpaired) electrons. The zero-order chi connectivity index (χ0) is 14.9. The number of imidazole rings is 1. The van der Waals surface area contributed by atoms with E-state index in [1.54, 1.807) is 6.20 Å². The number of fused-ring (bicyclic) bond motifs is 1. The number of hydrogen-bond acceptors (Lipinski definition) is 4. The third-order valence-electron chi connectivity index (χ3n) is 3.64. The van der Waals surface area contributed by atoms with Crippen LogP contribution < -0.4 is 5.32 Å². The maximum absolute atomic E-state index is 5.30. The molecule has 4 rings (SSSR count). The highest BCUT2D eigenvalue weighted by Crippen LogP contribution is 2.24. The Labute approximate surface area is 127 Å². The Kier molecular flexibility index (Phi) is 2.89. The van der Waals surface area contributed by atoms with E-state index in [1.165, 1.54) is 6.39 Å². The molecule has 0 aliphatic carbocycles. The molecule has 0 saturated heterocycles. The summed E-state index contributed by atoms with van der Waals surface area (Å²) in [5.74, 6) is 0.764. The van der Waals surface area contributed by atoms with Crippen molar-refractivity contribution in [1.29, 1.82) is 0 Å². The van der Waals surface area contributed by atoms with Crippen molar-refractivity contribution in [2.75, 3.05) is 12.4 Å². The van der Waals surface area contributed by atoms with Gasteiger partial charge in [-0.2, -0.15) is 0 Å². The van der Waals surface area contributed by atoms with E-state index in [0.717, 1.165) is 33.9 Å². The lowest BCUT2D eigenvalue weighted by Crippen LogP contribution is -1.90. The molecule has 0 amide bonds. The highest BCUT2D eigenvalue weighted by molar-refractivity contribution is 5.67. The SMILES string of the molecule is [11CH3]Nc1ccc2nc(-c3ccc(-c4cnco4)cc3)cn2c1. The monoisotopic (exact) mass is 289 g/mol. The standard InChI is InChI=1S/C17H14N4O/c1-18-14-6-7-17-20-15(10-21(17)9-14)12-2-4-13(5-3-12)16-8-19-11-22-16/h2-11,18H,1H3/i1-1. The second-order valence-electron chi connectivity index (χ2n) is 5.00. The second kappa shape index (κ2) is 5.04. The minimum absolute atomic E-state index is 0.764. The predicted octanol–water partition coefficient (Wildman–Crippen LogP) is 3.70. The minimum Gasteiger partial charge on any atom is -0.444 e. The Balaban J connectivity index is 1.72. The number of nitrogens with zero attached hydrogens (tertiary/aromatic N) is 3. The summed E-state index contributed by atoms with van der Waals surface area (Å²) in [5, 5.41) is 3.13. The van der Waals surface area contributed by atoms with Crippen LogP contribution in [0.1, 0.15) is 0 Å². The molecule has 3 aromatic heterocycles. The van der Waals surface area contributed by atoms with E-state index >= 15 is 0 Å². The highest BCUT2D eigenvalue weighted by Gasteiger charge is 2.06. The fraction of sp³-hybridized carbons (Fsp3) is 0.0588. The predicted molar refractivity (Wildman–Crippen MR) is 85.7 cm³/mol. The molecule has 1 aromatic carbocycles. The van der Waals surface area contributed by atoms with Crippen LogP contribution in [0.5, 0.6) is 0 Å². The summed E-state index contributed by atoms with van der Waals surface area (Å²) in [5.41, 5.74) is 4.99. The molecule has 5 heteroatoms. The zero-order valence-electron chi connectivity index (χ0n) is 12.0. The second-order valence-corrected chi connectivity index (χ2v) is 5.00. The van der Waals surface area contributed by atoms with Gasteiger partial charge < -0.3 is 14.1 Å². The van der Waals surface area contributed by atoms with Crippen LogP contribution in [0.15, 0.2) is 65.8 Å². The first-order chi connectivity index (χ1) is 10.8. The normalized spacial score (nSPS) is 11.0. The lowest BCUT2D eigenvalue weighted by Gasteiger charge is -1.99. The van der Waals surface area contributed by atoms with Crippen molar-refractivity contribution in [1.82, 2.24) is 14.4 Å². The highest BCUT2D eigenvalue weighted by atomic mass is 16.3. The average Bonchev–Trinajstić information content (AvgIpc) is 3.23. The third kappa shape index (κ3) is 2.13. The Morgan fingerprint density at radius 2 is 1.82 bits per heavy atom. The molecule has 0 saturated carbocycles. The van der Waals surface area contributed by atoms with Crippen molar-refractivity contribution in [3.05, 3.63) is 61.4 Å². The molecule has 0 bridgehead atoms. The van der Waals surface area contributed by atoms with E-state index in [4.69, 9.17) is 4.42 Å². The van der Waals surface area contributed by atoms with Crippen molar-refractivity contribution in [3.63, 3.8) is 0 Å². The molecule has 0 atom stereocenters. The fourth-order valence-corrected chi connectivity index (χ4v) is 2.44. The zero-order valence-corrected chi connectivity index (χ0v) is 12.0. The van der Waals surface area contributed by atoms with E-state index < -0.39 is 0 Å². The average molecular weight is 289 g/mol. The summed E-state index contributed by atoms with van der Waals surface area (Å²) in [6.45, 7) is 0. The van der Waals surface area contributed by atoms with Crippen molar-refractivity contribution in [2.45, 2.75) is 0 Å². The number of hydrogen-bond donors (Lipinski definition) is 1. The van der Waals surface area contributed by atoms with Gasteiger partial charge in [0.2, 0.25) is 0 Å². The number of benzene rings is 1. The summed E-state index contributed by atoms with van der Waals surface area (Å²) < 4.78 is 7.32. The number of aromatic nitrogens is 3. The van der Waals surface area contributed by atoms with Crippen LogP contribution in [0.25, 0.3) is 28.2 Å². The van der Waals surface area contributed by atoms with Gasteiger partial charge in [-0.3, -0.25) is 0 Å². The largest absolute Gasteiger partial charge is 0.444 e. The first kappa shape index (κ1) is 12.6. The molecule has 1 N–H and O–H groups in total. The molecule has 22 heavy (non-hydrogen) atoms. The summed E-state index contributed by atoms with van der Waals surface area (Å²) in [6.07, 6.45) is 7.19. The van der Waals surface area contributed by atoms with E-state index in [1.807, 2.05) is 60.2 Å². The van der Waals surface area contributed by atoms with Gasteiger partial charge in [0, 0.05) is 30.6 Å². The Hall–Kier alpha value is -3.08. The van der Waals surface area contributed by atoms with E-state index in [-0.39, 0.29) is 0 Å². The molecule has 0 fully saturated rings. The Bertz CT molecular complexity index is 908. The van der Waals surface area contributed by atoms with Crippen LogP contribution in [0.2, 0.25) is 0 Å². The third-order valence-corrected chi connectivity index (χ3v) is 3.64. The van der Waals surface area contributed by atoms with Gasteiger partial charge in [-0.05, 0) is 12.1 Å². The number of pyridine rings is 1. The van der Waals surface area contributed by atoms with Crippen LogP contribution in [0.3, 0.4) is 0 Å². The number of oxazole rings is 1. The van der Waals surface area contributed by atoms with Gasteiger partial charge in [0.15, 0.2) is 12.2 Å².